The molecule has 3 aromatic rings. The van der Waals surface area contributed by atoms with Crippen LogP contribution in [-0.4, -0.2) is 18.2 Å². The summed E-state index contributed by atoms with van der Waals surface area (Å²) in [6.45, 7) is 2.16. The van der Waals surface area contributed by atoms with Gasteiger partial charge in [-0.3, -0.25) is 4.90 Å². The highest BCUT2D eigenvalue weighted by molar-refractivity contribution is 7.78. The van der Waals surface area contributed by atoms with Crippen LogP contribution in [0.1, 0.15) is 18.5 Å². The van der Waals surface area contributed by atoms with Crippen LogP contribution in [0, 0.1) is 0 Å². The third-order valence-electron chi connectivity index (χ3n) is 4.71. The molecular weight excluding hydrogens is 325 g/mol. The molecule has 25 heavy (non-hydrogen) atoms. The fourth-order valence-corrected chi connectivity index (χ4v) is 5.88. The molecule has 0 aliphatic heterocycles. The highest BCUT2D eigenvalue weighted by Crippen LogP contribution is 2.44. The second kappa shape index (κ2) is 7.82. The van der Waals surface area contributed by atoms with Gasteiger partial charge in [0.05, 0.1) is 6.29 Å². The topological polar surface area (TPSA) is 20.3 Å². The molecule has 0 unspecified atom stereocenters. The largest absolute Gasteiger partial charge is 0.312 e. The Morgan fingerprint density at radius 3 is 1.60 bits per heavy atom. The zero-order valence-corrected chi connectivity index (χ0v) is 15.6. The zero-order chi connectivity index (χ0) is 17.7. The van der Waals surface area contributed by atoms with Gasteiger partial charge in [-0.2, -0.15) is 0 Å². The van der Waals surface area contributed by atoms with Crippen molar-refractivity contribution < 1.29 is 4.57 Å². The molecule has 0 heterocycles. The molecule has 0 radical (unpaired) electrons. The summed E-state index contributed by atoms with van der Waals surface area (Å²) in [7, 11) is -0.677. The van der Waals surface area contributed by atoms with Crippen LogP contribution >= 0.6 is 7.14 Å². The van der Waals surface area contributed by atoms with Gasteiger partial charge in [0.25, 0.3) is 0 Å². The van der Waals surface area contributed by atoms with Crippen molar-refractivity contribution in [2.45, 2.75) is 13.0 Å². The minimum atomic E-state index is -2.73. The van der Waals surface area contributed by atoms with Gasteiger partial charge in [-0.25, -0.2) is 0 Å². The van der Waals surface area contributed by atoms with E-state index in [4.69, 9.17) is 0 Å². The maximum atomic E-state index is 14.1. The van der Waals surface area contributed by atoms with E-state index in [9.17, 15) is 4.57 Å². The maximum absolute atomic E-state index is 14.1. The van der Waals surface area contributed by atoms with E-state index in [0.717, 1.165) is 10.6 Å². The van der Waals surface area contributed by atoms with E-state index in [1.807, 2.05) is 78.9 Å². The molecule has 2 nitrogen and oxygen atoms in total. The average Bonchev–Trinajstić information content (AvgIpc) is 2.69. The first kappa shape index (κ1) is 17.7. The first-order valence-electron chi connectivity index (χ1n) is 8.57. The zero-order valence-electron chi connectivity index (χ0n) is 14.7. The highest BCUT2D eigenvalue weighted by Gasteiger charge is 2.30. The quantitative estimate of drug-likeness (QED) is 0.604. The van der Waals surface area contributed by atoms with E-state index in [1.54, 1.807) is 0 Å². The first-order chi connectivity index (χ1) is 12.1. The molecule has 3 aromatic carbocycles. The number of hydrogen-bond donors (Lipinski definition) is 0. The van der Waals surface area contributed by atoms with Crippen LogP contribution < -0.4 is 10.6 Å². The van der Waals surface area contributed by atoms with E-state index >= 15 is 0 Å². The molecule has 0 aromatic heterocycles. The molecule has 0 saturated heterocycles. The Kier molecular flexibility index (Phi) is 5.53. The van der Waals surface area contributed by atoms with E-state index in [-0.39, 0.29) is 6.04 Å². The molecule has 0 fully saturated rings. The van der Waals surface area contributed by atoms with E-state index < -0.39 is 7.14 Å². The van der Waals surface area contributed by atoms with Gasteiger partial charge < -0.3 is 4.57 Å². The number of rotatable bonds is 6. The summed E-state index contributed by atoms with van der Waals surface area (Å²) in [5.74, 6) is 0. The monoisotopic (exact) mass is 349 g/mol. The molecule has 3 rings (SSSR count). The van der Waals surface area contributed by atoms with Crippen molar-refractivity contribution in [3.05, 3.63) is 96.6 Å². The van der Waals surface area contributed by atoms with E-state index in [0.29, 0.717) is 6.29 Å². The van der Waals surface area contributed by atoms with Gasteiger partial charge in [0.2, 0.25) is 0 Å². The minimum absolute atomic E-state index is 0.196. The Bertz CT molecular complexity index is 790. The van der Waals surface area contributed by atoms with Crippen molar-refractivity contribution in [1.82, 2.24) is 4.90 Å². The summed E-state index contributed by atoms with van der Waals surface area (Å²) in [5, 5.41) is 1.82. The van der Waals surface area contributed by atoms with Crippen LogP contribution in [0.15, 0.2) is 91.0 Å². The predicted octanol–water partition coefficient (Wildman–Crippen LogP) is 4.65. The van der Waals surface area contributed by atoms with Crippen LogP contribution in [0.3, 0.4) is 0 Å². The molecule has 0 aliphatic rings. The average molecular weight is 349 g/mol. The Morgan fingerprint density at radius 2 is 1.16 bits per heavy atom. The number of nitrogens with zero attached hydrogens (tertiary/aromatic N) is 1. The van der Waals surface area contributed by atoms with Crippen LogP contribution in [0.25, 0.3) is 0 Å². The van der Waals surface area contributed by atoms with E-state index in [1.165, 1.54) is 5.56 Å². The lowest BCUT2D eigenvalue weighted by Crippen LogP contribution is -2.30. The first-order valence-corrected chi connectivity index (χ1v) is 10.5. The minimum Gasteiger partial charge on any atom is -0.312 e. The molecule has 0 aliphatic carbocycles. The second-order valence-electron chi connectivity index (χ2n) is 6.40. The van der Waals surface area contributed by atoms with Crippen LogP contribution in [0.4, 0.5) is 0 Å². The Labute approximate surface area is 150 Å². The summed E-state index contributed by atoms with van der Waals surface area (Å²) in [6.07, 6.45) is 0.511. The smallest absolute Gasteiger partial charge is 0.156 e. The van der Waals surface area contributed by atoms with Crippen molar-refractivity contribution in [3.8, 4) is 0 Å². The molecule has 0 amide bonds. The molecule has 0 spiro atoms. The van der Waals surface area contributed by atoms with Crippen LogP contribution in [0.5, 0.6) is 0 Å². The lowest BCUT2D eigenvalue weighted by atomic mass is 10.1. The molecular formula is C22H24NOP. The summed E-state index contributed by atoms with van der Waals surface area (Å²) in [5.41, 5.74) is 1.23. The molecule has 0 saturated carbocycles. The van der Waals surface area contributed by atoms with Gasteiger partial charge in [0.1, 0.15) is 0 Å². The summed E-state index contributed by atoms with van der Waals surface area (Å²) in [6, 6.07) is 30.3. The maximum Gasteiger partial charge on any atom is 0.156 e. The van der Waals surface area contributed by atoms with Crippen molar-refractivity contribution >= 4 is 17.8 Å². The summed E-state index contributed by atoms with van der Waals surface area (Å²) >= 11 is 0. The fraction of sp³-hybridized carbons (Fsp3) is 0.182. The van der Waals surface area contributed by atoms with Gasteiger partial charge in [-0.1, -0.05) is 91.0 Å². The van der Waals surface area contributed by atoms with Crippen molar-refractivity contribution in [3.63, 3.8) is 0 Å². The van der Waals surface area contributed by atoms with Gasteiger partial charge in [-0.15, -0.1) is 0 Å². The molecule has 3 heteroatoms. The van der Waals surface area contributed by atoms with Crippen molar-refractivity contribution in [2.75, 3.05) is 13.3 Å². The van der Waals surface area contributed by atoms with Gasteiger partial charge >= 0.3 is 0 Å². The summed E-state index contributed by atoms with van der Waals surface area (Å²) < 4.78 is 14.1. The SMILES string of the molecule is C[C@H](c1ccccc1)N(C)CP(=O)(c1ccccc1)c1ccccc1. The van der Waals surface area contributed by atoms with Gasteiger partial charge in [0, 0.05) is 16.7 Å². The normalized spacial score (nSPS) is 12.9. The number of hydrogen-bond acceptors (Lipinski definition) is 2. The highest BCUT2D eigenvalue weighted by atomic mass is 31.2. The Morgan fingerprint density at radius 1 is 0.760 bits per heavy atom. The third-order valence-corrected chi connectivity index (χ3v) is 7.82. The summed E-state index contributed by atoms with van der Waals surface area (Å²) in [4.78, 5) is 2.19. The lowest BCUT2D eigenvalue weighted by molar-refractivity contribution is 0.302. The standard InChI is InChI=1S/C22H24NOP/c1-19(20-12-6-3-7-13-20)23(2)18-25(24,21-14-8-4-9-15-21)22-16-10-5-11-17-22/h3-17,19H,18H2,1-2H3/t19-/m1/s1. The van der Waals surface area contributed by atoms with Gasteiger partial charge in [0.15, 0.2) is 7.14 Å². The van der Waals surface area contributed by atoms with Crippen LogP contribution in [0.2, 0.25) is 0 Å². The predicted molar refractivity (Wildman–Crippen MR) is 107 cm³/mol. The second-order valence-corrected chi connectivity index (χ2v) is 9.19. The molecule has 1 atom stereocenters. The Hall–Kier alpha value is -2.15. The van der Waals surface area contributed by atoms with Crippen molar-refractivity contribution in [1.29, 1.82) is 0 Å². The molecule has 0 bridgehead atoms. The van der Waals surface area contributed by atoms with E-state index in [2.05, 4.69) is 31.0 Å². The van der Waals surface area contributed by atoms with Crippen LogP contribution in [-0.2, 0) is 4.57 Å². The lowest BCUT2D eigenvalue weighted by Gasteiger charge is -2.30. The molecule has 0 N–H and O–H groups in total. The van der Waals surface area contributed by atoms with Crippen molar-refractivity contribution in [2.24, 2.45) is 0 Å². The molecule has 128 valence electrons. The number of benzene rings is 3. The van der Waals surface area contributed by atoms with Gasteiger partial charge in [-0.05, 0) is 19.5 Å². The fourth-order valence-electron chi connectivity index (χ4n) is 3.07. The Balaban J connectivity index is 1.95. The third kappa shape index (κ3) is 3.92.